The van der Waals surface area contributed by atoms with Gasteiger partial charge in [0.2, 0.25) is 0 Å². The first kappa shape index (κ1) is 13.6. The number of anilines is 1. The van der Waals surface area contributed by atoms with Crippen LogP contribution in [-0.4, -0.2) is 23.4 Å². The SMILES string of the molecule is CC(=O)OCC(=O)Nc1ccc([N+](=O)[O-])cc1C. The average Bonchev–Trinajstić information content (AvgIpc) is 2.29. The van der Waals surface area contributed by atoms with E-state index in [0.29, 0.717) is 11.3 Å². The number of ether oxygens (including phenoxy) is 1. The summed E-state index contributed by atoms with van der Waals surface area (Å²) in [4.78, 5) is 31.9. The lowest BCUT2D eigenvalue weighted by Crippen LogP contribution is -2.20. The lowest BCUT2D eigenvalue weighted by Gasteiger charge is -2.07. The number of hydrogen-bond donors (Lipinski definition) is 1. The molecule has 0 saturated carbocycles. The maximum atomic E-state index is 11.4. The highest BCUT2D eigenvalue weighted by molar-refractivity contribution is 5.93. The van der Waals surface area contributed by atoms with Crippen molar-refractivity contribution in [2.24, 2.45) is 0 Å². The van der Waals surface area contributed by atoms with Crippen molar-refractivity contribution in [2.75, 3.05) is 11.9 Å². The molecular formula is C11H12N2O5. The average molecular weight is 252 g/mol. The van der Waals surface area contributed by atoms with E-state index < -0.39 is 16.8 Å². The van der Waals surface area contributed by atoms with Gasteiger partial charge in [0.25, 0.3) is 11.6 Å². The molecule has 0 heterocycles. The highest BCUT2D eigenvalue weighted by atomic mass is 16.6. The smallest absolute Gasteiger partial charge is 0.303 e. The third-order valence-corrected chi connectivity index (χ3v) is 2.10. The maximum absolute atomic E-state index is 11.4. The van der Waals surface area contributed by atoms with Gasteiger partial charge in [0.05, 0.1) is 4.92 Å². The molecule has 0 aliphatic carbocycles. The second-order valence-corrected chi connectivity index (χ2v) is 3.58. The molecular weight excluding hydrogens is 240 g/mol. The lowest BCUT2D eigenvalue weighted by atomic mass is 10.2. The standard InChI is InChI=1S/C11H12N2O5/c1-7-5-9(13(16)17)3-4-10(7)12-11(15)6-18-8(2)14/h3-5H,6H2,1-2H3,(H,12,15). The number of nitrogens with zero attached hydrogens (tertiary/aromatic N) is 1. The van der Waals surface area contributed by atoms with E-state index in [0.717, 1.165) is 0 Å². The van der Waals surface area contributed by atoms with E-state index in [1.807, 2.05) is 0 Å². The number of rotatable bonds is 4. The summed E-state index contributed by atoms with van der Waals surface area (Å²) in [5.74, 6) is -1.05. The van der Waals surface area contributed by atoms with Gasteiger partial charge < -0.3 is 10.1 Å². The van der Waals surface area contributed by atoms with Gasteiger partial charge in [-0.15, -0.1) is 0 Å². The van der Waals surface area contributed by atoms with Crippen LogP contribution in [0.1, 0.15) is 12.5 Å². The van der Waals surface area contributed by atoms with Crippen molar-refractivity contribution < 1.29 is 19.2 Å². The van der Waals surface area contributed by atoms with Crippen LogP contribution in [0.3, 0.4) is 0 Å². The summed E-state index contributed by atoms with van der Waals surface area (Å²) in [5, 5.41) is 13.0. The fraction of sp³-hybridized carbons (Fsp3) is 0.273. The van der Waals surface area contributed by atoms with Gasteiger partial charge in [-0.25, -0.2) is 0 Å². The van der Waals surface area contributed by atoms with Gasteiger partial charge in [-0.2, -0.15) is 0 Å². The highest BCUT2D eigenvalue weighted by Crippen LogP contribution is 2.20. The van der Waals surface area contributed by atoms with Crippen molar-refractivity contribution in [3.8, 4) is 0 Å². The molecule has 0 aromatic heterocycles. The molecule has 0 radical (unpaired) electrons. The van der Waals surface area contributed by atoms with E-state index in [9.17, 15) is 19.7 Å². The van der Waals surface area contributed by atoms with Crippen LogP contribution in [-0.2, 0) is 14.3 Å². The van der Waals surface area contributed by atoms with Crippen molar-refractivity contribution in [2.45, 2.75) is 13.8 Å². The molecule has 7 heteroatoms. The third kappa shape index (κ3) is 3.85. The van der Waals surface area contributed by atoms with Crippen LogP contribution in [0.4, 0.5) is 11.4 Å². The largest absolute Gasteiger partial charge is 0.456 e. The molecule has 0 spiro atoms. The molecule has 0 aliphatic heterocycles. The minimum atomic E-state index is -0.550. The summed E-state index contributed by atoms with van der Waals surface area (Å²) in [5.41, 5.74) is 0.948. The maximum Gasteiger partial charge on any atom is 0.303 e. The molecule has 1 rings (SSSR count). The van der Waals surface area contributed by atoms with E-state index >= 15 is 0 Å². The van der Waals surface area contributed by atoms with Gasteiger partial charge in [-0.1, -0.05) is 0 Å². The quantitative estimate of drug-likeness (QED) is 0.496. The van der Waals surface area contributed by atoms with Gasteiger partial charge in [-0.3, -0.25) is 19.7 Å². The first-order valence-electron chi connectivity index (χ1n) is 5.08. The van der Waals surface area contributed by atoms with E-state index in [4.69, 9.17) is 0 Å². The number of esters is 1. The number of aryl methyl sites for hydroxylation is 1. The first-order chi connectivity index (χ1) is 8.40. The summed E-state index contributed by atoms with van der Waals surface area (Å²) in [7, 11) is 0. The third-order valence-electron chi connectivity index (χ3n) is 2.10. The van der Waals surface area contributed by atoms with E-state index in [1.54, 1.807) is 6.92 Å². The van der Waals surface area contributed by atoms with Crippen molar-refractivity contribution in [3.63, 3.8) is 0 Å². The van der Waals surface area contributed by atoms with E-state index in [1.165, 1.54) is 25.1 Å². The molecule has 0 unspecified atom stereocenters. The molecule has 1 amide bonds. The van der Waals surface area contributed by atoms with Crippen molar-refractivity contribution in [3.05, 3.63) is 33.9 Å². The fourth-order valence-corrected chi connectivity index (χ4v) is 1.26. The molecule has 0 bridgehead atoms. The molecule has 1 aromatic rings. The van der Waals surface area contributed by atoms with Crippen LogP contribution in [0.5, 0.6) is 0 Å². The van der Waals surface area contributed by atoms with Gasteiger partial charge in [-0.05, 0) is 18.6 Å². The Labute approximate surface area is 103 Å². The van der Waals surface area contributed by atoms with Crippen molar-refractivity contribution >= 4 is 23.3 Å². The van der Waals surface area contributed by atoms with E-state index in [-0.39, 0.29) is 12.3 Å². The van der Waals surface area contributed by atoms with Crippen molar-refractivity contribution in [1.29, 1.82) is 0 Å². The summed E-state index contributed by atoms with van der Waals surface area (Å²) in [6, 6.07) is 4.06. The summed E-state index contributed by atoms with van der Waals surface area (Å²) >= 11 is 0. The highest BCUT2D eigenvalue weighted by Gasteiger charge is 2.10. The number of benzene rings is 1. The number of carbonyl (C=O) groups excluding carboxylic acids is 2. The van der Waals surface area contributed by atoms with Crippen molar-refractivity contribution in [1.82, 2.24) is 0 Å². The molecule has 0 saturated heterocycles. The predicted molar refractivity (Wildman–Crippen MR) is 63.1 cm³/mol. The number of nitro benzene ring substituents is 1. The Morgan fingerprint density at radius 3 is 2.61 bits per heavy atom. The Morgan fingerprint density at radius 2 is 2.11 bits per heavy atom. The Bertz CT molecular complexity index is 498. The Morgan fingerprint density at radius 1 is 1.44 bits per heavy atom. The summed E-state index contributed by atoms with van der Waals surface area (Å²) < 4.78 is 4.52. The molecule has 96 valence electrons. The molecule has 0 aliphatic rings. The molecule has 1 aromatic carbocycles. The van der Waals surface area contributed by atoms with Crippen LogP contribution < -0.4 is 5.32 Å². The zero-order valence-electron chi connectivity index (χ0n) is 9.93. The van der Waals surface area contributed by atoms with Crippen LogP contribution in [0.2, 0.25) is 0 Å². The summed E-state index contributed by atoms with van der Waals surface area (Å²) in [6.07, 6.45) is 0. The normalized spacial score (nSPS) is 9.67. The zero-order valence-corrected chi connectivity index (χ0v) is 9.93. The van der Waals surface area contributed by atoms with E-state index in [2.05, 4.69) is 10.1 Å². The molecule has 1 N–H and O–H groups in total. The minimum absolute atomic E-state index is 0.0505. The Kier molecular flexibility index (Phi) is 4.36. The van der Waals surface area contributed by atoms with Crippen LogP contribution >= 0.6 is 0 Å². The molecule has 0 atom stereocenters. The zero-order chi connectivity index (χ0) is 13.7. The van der Waals surface area contributed by atoms with Gasteiger partial charge >= 0.3 is 5.97 Å². The summed E-state index contributed by atoms with van der Waals surface area (Å²) in [6.45, 7) is 2.45. The Hall–Kier alpha value is -2.44. The predicted octanol–water partition coefficient (Wildman–Crippen LogP) is 1.40. The number of non-ortho nitro benzene ring substituents is 1. The van der Waals surface area contributed by atoms with Crippen LogP contribution in [0.15, 0.2) is 18.2 Å². The second-order valence-electron chi connectivity index (χ2n) is 3.58. The fourth-order valence-electron chi connectivity index (χ4n) is 1.26. The number of carbonyl (C=O) groups is 2. The second kappa shape index (κ2) is 5.76. The van der Waals surface area contributed by atoms with Gasteiger partial charge in [0.1, 0.15) is 0 Å². The first-order valence-corrected chi connectivity index (χ1v) is 5.08. The number of nitro groups is 1. The van der Waals surface area contributed by atoms with Gasteiger partial charge in [0.15, 0.2) is 6.61 Å². The molecule has 18 heavy (non-hydrogen) atoms. The lowest BCUT2D eigenvalue weighted by molar-refractivity contribution is -0.384. The molecule has 7 nitrogen and oxygen atoms in total. The topological polar surface area (TPSA) is 98.5 Å². The molecule has 0 fully saturated rings. The number of nitrogens with one attached hydrogen (secondary N) is 1. The van der Waals surface area contributed by atoms with Gasteiger partial charge in [0, 0.05) is 24.7 Å². The minimum Gasteiger partial charge on any atom is -0.456 e. The van der Waals surface area contributed by atoms with Crippen LogP contribution in [0.25, 0.3) is 0 Å². The van der Waals surface area contributed by atoms with Crippen LogP contribution in [0, 0.1) is 17.0 Å². The Balaban J connectivity index is 2.70. The number of hydrogen-bond acceptors (Lipinski definition) is 5. The monoisotopic (exact) mass is 252 g/mol. The number of amides is 1.